The molecule has 36 heavy (non-hydrogen) atoms. The summed E-state index contributed by atoms with van der Waals surface area (Å²) in [6.45, 7) is 14.6. The van der Waals surface area contributed by atoms with Gasteiger partial charge in [-0.05, 0) is 118 Å². The lowest BCUT2D eigenvalue weighted by atomic mass is 9.52. The minimum Gasteiger partial charge on any atom is -0.371 e. The molecule has 0 aromatic heterocycles. The maximum absolute atomic E-state index is 11.9. The SMILES string of the molecule is CC[C@@H](C)C[C@H]1O[C@]2(CC[C@@H]3C(=C(C)C2)C[C@H]2[C@H]3CC[C@@H]3C[C@H](NS(C)(=O)=O)CC[C@@]32C)[C@H](C)[C@@H]1C. The Morgan fingerprint density at radius 3 is 2.58 bits per heavy atom. The lowest BCUT2D eigenvalue weighted by molar-refractivity contribution is -0.0732. The first kappa shape index (κ1) is 27.2. The highest BCUT2D eigenvalue weighted by molar-refractivity contribution is 7.88. The molecule has 4 aliphatic carbocycles. The van der Waals surface area contributed by atoms with Crippen LogP contribution in [0.5, 0.6) is 0 Å². The number of rotatable bonds is 5. The highest BCUT2D eigenvalue weighted by Crippen LogP contribution is 2.65. The van der Waals surface area contributed by atoms with Crippen LogP contribution in [0, 0.1) is 46.8 Å². The molecule has 1 N–H and O–H groups in total. The summed E-state index contributed by atoms with van der Waals surface area (Å²) in [7, 11) is -3.13. The topological polar surface area (TPSA) is 55.4 Å². The van der Waals surface area contributed by atoms with E-state index in [1.54, 1.807) is 11.1 Å². The van der Waals surface area contributed by atoms with Gasteiger partial charge in [-0.2, -0.15) is 0 Å². The summed E-state index contributed by atoms with van der Waals surface area (Å²) in [6, 6.07) is 0.133. The third kappa shape index (κ3) is 4.66. The van der Waals surface area contributed by atoms with E-state index in [2.05, 4.69) is 46.3 Å². The summed E-state index contributed by atoms with van der Waals surface area (Å²) in [5.74, 6) is 5.01. The average molecular weight is 520 g/mol. The number of ether oxygens (including phenoxy) is 1. The molecule has 0 aromatic carbocycles. The third-order valence-corrected chi connectivity index (χ3v) is 13.2. The van der Waals surface area contributed by atoms with E-state index < -0.39 is 10.0 Å². The van der Waals surface area contributed by atoms with Crippen LogP contribution in [0.3, 0.4) is 0 Å². The van der Waals surface area contributed by atoms with Crippen molar-refractivity contribution in [2.75, 3.05) is 6.26 Å². The van der Waals surface area contributed by atoms with Crippen LogP contribution in [-0.4, -0.2) is 32.4 Å². The van der Waals surface area contributed by atoms with Crippen LogP contribution in [0.1, 0.15) is 112 Å². The quantitative estimate of drug-likeness (QED) is 0.394. The summed E-state index contributed by atoms with van der Waals surface area (Å²) >= 11 is 0. The number of sulfonamides is 1. The Balaban J connectivity index is 1.34. The van der Waals surface area contributed by atoms with Crippen molar-refractivity contribution in [3.05, 3.63) is 11.1 Å². The molecule has 1 heterocycles. The van der Waals surface area contributed by atoms with Crippen LogP contribution >= 0.6 is 0 Å². The van der Waals surface area contributed by atoms with Gasteiger partial charge in [0.2, 0.25) is 10.0 Å². The van der Waals surface area contributed by atoms with E-state index in [0.29, 0.717) is 29.3 Å². The fraction of sp³-hybridized carbons (Fsp3) is 0.935. The smallest absolute Gasteiger partial charge is 0.208 e. The summed E-state index contributed by atoms with van der Waals surface area (Å²) in [4.78, 5) is 0. The Bertz CT molecular complexity index is 974. The van der Waals surface area contributed by atoms with Crippen LogP contribution in [0.25, 0.3) is 0 Å². The normalized spacial score (nSPS) is 47.9. The van der Waals surface area contributed by atoms with Crippen molar-refractivity contribution in [2.45, 2.75) is 130 Å². The minimum absolute atomic E-state index is 0.0466. The fourth-order valence-corrected chi connectivity index (χ4v) is 10.7. The van der Waals surface area contributed by atoms with Gasteiger partial charge in [-0.1, -0.05) is 52.2 Å². The second kappa shape index (κ2) is 9.66. The molecule has 0 unspecified atom stereocenters. The average Bonchev–Trinajstić information content (AvgIpc) is 3.24. The van der Waals surface area contributed by atoms with Gasteiger partial charge in [-0.25, -0.2) is 13.1 Å². The molecular weight excluding hydrogens is 466 g/mol. The Labute approximate surface area is 221 Å². The van der Waals surface area contributed by atoms with E-state index in [0.717, 1.165) is 42.9 Å². The molecule has 5 aliphatic rings. The van der Waals surface area contributed by atoms with Crippen LogP contribution in [0.2, 0.25) is 0 Å². The molecule has 11 atom stereocenters. The number of hydrogen-bond donors (Lipinski definition) is 1. The van der Waals surface area contributed by atoms with Crippen LogP contribution in [-0.2, 0) is 14.8 Å². The molecule has 1 spiro atoms. The molecule has 0 radical (unpaired) electrons. The molecule has 3 saturated carbocycles. The van der Waals surface area contributed by atoms with Crippen molar-refractivity contribution in [2.24, 2.45) is 46.8 Å². The van der Waals surface area contributed by atoms with E-state index >= 15 is 0 Å². The highest BCUT2D eigenvalue weighted by Gasteiger charge is 2.58. The van der Waals surface area contributed by atoms with Crippen molar-refractivity contribution in [3.8, 4) is 0 Å². The Morgan fingerprint density at radius 2 is 1.89 bits per heavy atom. The van der Waals surface area contributed by atoms with Crippen molar-refractivity contribution in [3.63, 3.8) is 0 Å². The van der Waals surface area contributed by atoms with E-state index in [4.69, 9.17) is 4.74 Å². The van der Waals surface area contributed by atoms with Crippen molar-refractivity contribution < 1.29 is 13.2 Å². The van der Waals surface area contributed by atoms with Crippen LogP contribution in [0.4, 0.5) is 0 Å². The first-order chi connectivity index (χ1) is 16.9. The van der Waals surface area contributed by atoms with Gasteiger partial charge in [0.15, 0.2) is 0 Å². The van der Waals surface area contributed by atoms with Gasteiger partial charge in [0.05, 0.1) is 18.0 Å². The summed E-state index contributed by atoms with van der Waals surface area (Å²) < 4.78 is 33.8. The zero-order valence-corrected chi connectivity index (χ0v) is 24.9. The Morgan fingerprint density at radius 1 is 1.14 bits per heavy atom. The second-order valence-electron chi connectivity index (χ2n) is 14.4. The largest absolute Gasteiger partial charge is 0.371 e. The molecule has 206 valence electrons. The van der Waals surface area contributed by atoms with E-state index in [9.17, 15) is 8.42 Å². The number of hydrogen-bond acceptors (Lipinski definition) is 3. The molecule has 4 fully saturated rings. The molecule has 4 nitrogen and oxygen atoms in total. The second-order valence-corrected chi connectivity index (χ2v) is 16.1. The summed E-state index contributed by atoms with van der Waals surface area (Å²) in [6.07, 6.45) is 14.9. The predicted molar refractivity (Wildman–Crippen MR) is 148 cm³/mol. The Hall–Kier alpha value is -0.390. The van der Waals surface area contributed by atoms with Gasteiger partial charge >= 0.3 is 0 Å². The number of allylic oxidation sites excluding steroid dienone is 1. The molecule has 0 amide bonds. The standard InChI is InChI=1S/C31H53NO3S/c1-8-19(2)15-29-21(4)22(5)31(35-29)14-12-25-26-10-9-23-16-24(32-36(7,33)34)11-13-30(23,6)28(26)17-27(25)20(3)18-31/h19,21-26,28-29,32H,8-18H2,1-7H3/t19-,21+,22-,23-,24-,25+,26+,28+,29-,30+,31+/m1/s1. The molecule has 5 rings (SSSR count). The zero-order chi connectivity index (χ0) is 26.0. The summed E-state index contributed by atoms with van der Waals surface area (Å²) in [5.41, 5.74) is 3.87. The third-order valence-electron chi connectivity index (χ3n) is 12.4. The van der Waals surface area contributed by atoms with Crippen molar-refractivity contribution >= 4 is 10.0 Å². The monoisotopic (exact) mass is 519 g/mol. The van der Waals surface area contributed by atoms with Gasteiger partial charge in [0, 0.05) is 6.04 Å². The predicted octanol–water partition coefficient (Wildman–Crippen LogP) is 7.10. The molecular formula is C31H53NO3S. The van der Waals surface area contributed by atoms with Gasteiger partial charge in [-0.3, -0.25) is 0 Å². The molecule has 0 aromatic rings. The lowest BCUT2D eigenvalue weighted by Crippen LogP contribution is -2.50. The number of nitrogens with one attached hydrogen (secondary N) is 1. The van der Waals surface area contributed by atoms with E-state index in [1.807, 2.05) is 0 Å². The fourth-order valence-electron chi connectivity index (χ4n) is 9.92. The maximum atomic E-state index is 11.9. The van der Waals surface area contributed by atoms with Crippen LogP contribution in [0.15, 0.2) is 11.1 Å². The molecule has 1 aliphatic heterocycles. The lowest BCUT2D eigenvalue weighted by Gasteiger charge is -2.54. The van der Waals surface area contributed by atoms with E-state index in [-0.39, 0.29) is 11.6 Å². The molecule has 1 saturated heterocycles. The van der Waals surface area contributed by atoms with Gasteiger partial charge in [0.25, 0.3) is 0 Å². The van der Waals surface area contributed by atoms with Gasteiger partial charge < -0.3 is 4.74 Å². The van der Waals surface area contributed by atoms with E-state index in [1.165, 1.54) is 57.6 Å². The summed E-state index contributed by atoms with van der Waals surface area (Å²) in [5, 5.41) is 0. The minimum atomic E-state index is -3.13. The van der Waals surface area contributed by atoms with Gasteiger partial charge in [-0.15, -0.1) is 0 Å². The van der Waals surface area contributed by atoms with Crippen molar-refractivity contribution in [1.82, 2.24) is 4.72 Å². The maximum Gasteiger partial charge on any atom is 0.208 e. The first-order valence-electron chi connectivity index (χ1n) is 15.2. The Kier molecular flexibility index (Phi) is 7.30. The molecule has 0 bridgehead atoms. The molecule has 5 heteroatoms. The van der Waals surface area contributed by atoms with Gasteiger partial charge in [0.1, 0.15) is 0 Å². The van der Waals surface area contributed by atoms with Crippen LogP contribution < -0.4 is 4.72 Å². The first-order valence-corrected chi connectivity index (χ1v) is 17.1. The van der Waals surface area contributed by atoms with Crippen molar-refractivity contribution in [1.29, 1.82) is 0 Å². The zero-order valence-electron chi connectivity index (χ0n) is 24.1. The number of fused-ring (bicyclic) bond motifs is 5. The highest BCUT2D eigenvalue weighted by atomic mass is 32.2.